The highest BCUT2D eigenvalue weighted by molar-refractivity contribution is 6.17. The Bertz CT molecular complexity index is 2040. The molecular formula is C46H64N2O13. The van der Waals surface area contributed by atoms with E-state index in [4.69, 9.17) is 33.2 Å². The van der Waals surface area contributed by atoms with Crippen LogP contribution in [0.2, 0.25) is 0 Å². The van der Waals surface area contributed by atoms with Gasteiger partial charge in [0.25, 0.3) is 0 Å². The average molecular weight is 853 g/mol. The average Bonchev–Trinajstić information content (AvgIpc) is 3.21. The Morgan fingerprint density at radius 1 is 0.623 bits per heavy atom. The molecule has 0 radical (unpaired) electrons. The van der Waals surface area contributed by atoms with Crippen LogP contribution >= 0.6 is 0 Å². The van der Waals surface area contributed by atoms with Crippen molar-refractivity contribution in [1.82, 2.24) is 0 Å². The fraction of sp³-hybridized carbons (Fsp3) is 0.543. The smallest absolute Gasteiger partial charge is 0.210 e. The number of Topliss-reactive ketones (excluding diaryl/α,β-unsaturated/α-hetero) is 1. The van der Waals surface area contributed by atoms with E-state index in [9.17, 15) is 30.3 Å². The highest BCUT2D eigenvalue weighted by Gasteiger charge is 2.38. The number of carbonyl (C=O) groups excluding carboxylic acids is 1. The molecule has 0 fully saturated rings. The Labute approximate surface area is 358 Å². The summed E-state index contributed by atoms with van der Waals surface area (Å²) >= 11 is 0. The van der Waals surface area contributed by atoms with Crippen LogP contribution in [-0.2, 0) is 38.0 Å². The lowest BCUT2D eigenvalue weighted by molar-refractivity contribution is -0.118. The van der Waals surface area contributed by atoms with Crippen molar-refractivity contribution in [2.24, 2.45) is 15.9 Å². The summed E-state index contributed by atoms with van der Waals surface area (Å²) in [7, 11) is 3.21. The van der Waals surface area contributed by atoms with E-state index in [-0.39, 0.29) is 83.0 Å². The van der Waals surface area contributed by atoms with E-state index in [0.717, 1.165) is 0 Å². The van der Waals surface area contributed by atoms with Crippen LogP contribution in [0.5, 0.6) is 23.0 Å². The first kappa shape index (κ1) is 49.0. The molecule has 336 valence electrons. The summed E-state index contributed by atoms with van der Waals surface area (Å²) in [6, 6.07) is 3.61. The number of aliphatic hydroxyl groups excluding tert-OH is 1. The molecule has 4 rings (SSSR count). The van der Waals surface area contributed by atoms with E-state index >= 15 is 0 Å². The number of hydrogen-bond acceptors (Lipinski definition) is 15. The normalized spacial score (nSPS) is 14.6. The zero-order chi connectivity index (χ0) is 44.6. The molecule has 1 aliphatic rings. The molecule has 3 aromatic carbocycles. The number of carbonyl (C=O) groups is 1. The second-order valence-electron chi connectivity index (χ2n) is 15.3. The lowest BCUT2D eigenvalue weighted by Crippen LogP contribution is -2.25. The van der Waals surface area contributed by atoms with Crippen LogP contribution in [0.1, 0.15) is 72.9 Å². The summed E-state index contributed by atoms with van der Waals surface area (Å²) < 4.78 is 37.5. The molecule has 1 unspecified atom stereocenters. The second kappa shape index (κ2) is 24.1. The summed E-state index contributed by atoms with van der Waals surface area (Å²) in [6.07, 6.45) is 2.81. The number of rotatable bonds is 26. The summed E-state index contributed by atoms with van der Waals surface area (Å²) in [6.45, 7) is 16.2. The SMILES string of the molecule is COCCOCCOCCN=Cc1c(O)c(O)c(C(C)C)c2cc(C)c(-c3c(C)cc4c(c3O)C(C=NCCOCCOCCOCCOC)C(=O)C(O)=C4C(C)C)c(O)c12. The molecule has 0 amide bonds. The van der Waals surface area contributed by atoms with Crippen LogP contribution in [0, 0.1) is 19.8 Å². The molecule has 3 aromatic rings. The molecular weight excluding hydrogens is 789 g/mol. The van der Waals surface area contributed by atoms with Gasteiger partial charge in [-0.15, -0.1) is 0 Å². The number of aromatic hydroxyl groups is 4. The molecule has 0 bridgehead atoms. The van der Waals surface area contributed by atoms with Gasteiger partial charge in [-0.2, -0.15) is 0 Å². The second-order valence-corrected chi connectivity index (χ2v) is 15.3. The molecule has 61 heavy (non-hydrogen) atoms. The van der Waals surface area contributed by atoms with E-state index in [2.05, 4.69) is 9.98 Å². The Morgan fingerprint density at radius 2 is 1.11 bits per heavy atom. The number of fused-ring (bicyclic) bond motifs is 2. The van der Waals surface area contributed by atoms with Gasteiger partial charge in [-0.3, -0.25) is 14.8 Å². The van der Waals surface area contributed by atoms with Crippen molar-refractivity contribution in [2.45, 2.75) is 53.4 Å². The minimum absolute atomic E-state index is 0.0875. The number of benzene rings is 3. The summed E-state index contributed by atoms with van der Waals surface area (Å²) in [5.74, 6) is -3.97. The lowest BCUT2D eigenvalue weighted by atomic mass is 9.74. The molecule has 0 aromatic heterocycles. The number of methoxy groups -OCH3 is 2. The summed E-state index contributed by atoms with van der Waals surface area (Å²) in [4.78, 5) is 22.8. The van der Waals surface area contributed by atoms with E-state index in [1.807, 2.05) is 27.7 Å². The standard InChI is InChI=1S/C46H64N2O13/c1-27(2)35-31-23-29(5)37(43(51)39(31)33(41(49)45(35)53)25-47-9-11-57-17-19-59-15-13-55-7)38-30(6)24-32-36(28(3)4)46(54)42(50)34(40(32)44(38)52)26-48-10-12-58-18-20-61-22-21-60-16-14-56-8/h23-28,34,49,51-54H,9-22H2,1-8H3. The number of aliphatic hydroxyl groups is 1. The maximum atomic E-state index is 13.9. The zero-order valence-electron chi connectivity index (χ0n) is 36.8. The third-order valence-corrected chi connectivity index (χ3v) is 10.3. The number of aryl methyl sites for hydroxylation is 2. The van der Waals surface area contributed by atoms with Crippen molar-refractivity contribution < 1.29 is 63.5 Å². The molecule has 5 N–H and O–H groups in total. The number of ketones is 1. The molecule has 1 atom stereocenters. The van der Waals surface area contributed by atoms with Crippen LogP contribution in [0.25, 0.3) is 27.5 Å². The van der Waals surface area contributed by atoms with E-state index in [1.165, 1.54) is 12.4 Å². The maximum Gasteiger partial charge on any atom is 0.210 e. The van der Waals surface area contributed by atoms with Gasteiger partial charge >= 0.3 is 0 Å². The number of hydrogen-bond donors (Lipinski definition) is 5. The molecule has 0 saturated heterocycles. The third-order valence-electron chi connectivity index (χ3n) is 10.3. The van der Waals surface area contributed by atoms with Gasteiger partial charge in [-0.05, 0) is 47.8 Å². The van der Waals surface area contributed by atoms with Gasteiger partial charge in [-0.1, -0.05) is 39.8 Å². The molecule has 15 heteroatoms. The Balaban J connectivity index is 1.71. The van der Waals surface area contributed by atoms with Gasteiger partial charge in [0.1, 0.15) is 11.5 Å². The van der Waals surface area contributed by atoms with E-state index < -0.39 is 23.2 Å². The molecule has 15 nitrogen and oxygen atoms in total. The van der Waals surface area contributed by atoms with Crippen molar-refractivity contribution in [3.05, 3.63) is 51.3 Å². The minimum atomic E-state index is -1.14. The van der Waals surface area contributed by atoms with Crippen LogP contribution in [0.3, 0.4) is 0 Å². The predicted molar refractivity (Wildman–Crippen MR) is 235 cm³/mol. The largest absolute Gasteiger partial charge is 0.507 e. The van der Waals surface area contributed by atoms with Crippen molar-refractivity contribution in [2.75, 3.05) is 107 Å². The molecule has 0 aliphatic heterocycles. The molecule has 0 spiro atoms. The fourth-order valence-electron chi connectivity index (χ4n) is 7.46. The number of ether oxygens (including phenoxy) is 7. The van der Waals surface area contributed by atoms with Crippen molar-refractivity contribution in [1.29, 1.82) is 0 Å². The lowest BCUT2D eigenvalue weighted by Gasteiger charge is -2.29. The first-order chi connectivity index (χ1) is 29.3. The Hall–Kier alpha value is -4.61. The fourth-order valence-corrected chi connectivity index (χ4v) is 7.46. The monoisotopic (exact) mass is 852 g/mol. The van der Waals surface area contributed by atoms with Crippen molar-refractivity contribution in [3.8, 4) is 34.1 Å². The van der Waals surface area contributed by atoms with Gasteiger partial charge in [0, 0.05) is 65.4 Å². The van der Waals surface area contributed by atoms with Crippen LogP contribution in [0.4, 0.5) is 0 Å². The number of aliphatic imine (C=N–C) groups is 2. The van der Waals surface area contributed by atoms with E-state index in [0.29, 0.717) is 99.3 Å². The highest BCUT2D eigenvalue weighted by atomic mass is 16.6. The Morgan fingerprint density at radius 3 is 1.64 bits per heavy atom. The third kappa shape index (κ3) is 12.1. The highest BCUT2D eigenvalue weighted by Crippen LogP contribution is 2.54. The quantitative estimate of drug-likeness (QED) is 0.0331. The van der Waals surface area contributed by atoms with Crippen LogP contribution in [-0.4, -0.2) is 150 Å². The van der Waals surface area contributed by atoms with Crippen molar-refractivity contribution >= 4 is 34.6 Å². The van der Waals surface area contributed by atoms with E-state index in [1.54, 1.807) is 40.2 Å². The van der Waals surface area contributed by atoms with Gasteiger partial charge < -0.3 is 58.7 Å². The van der Waals surface area contributed by atoms with Gasteiger partial charge in [0.05, 0.1) is 98.3 Å². The Kier molecular flexibility index (Phi) is 19.4. The molecule has 1 aliphatic carbocycles. The summed E-state index contributed by atoms with van der Waals surface area (Å²) in [5.41, 5.74) is 3.32. The van der Waals surface area contributed by atoms with Gasteiger partial charge in [-0.25, -0.2) is 0 Å². The number of allylic oxidation sites excluding steroid dienone is 2. The number of phenolic OH excluding ortho intramolecular Hbond substituents is 4. The zero-order valence-corrected chi connectivity index (χ0v) is 36.8. The van der Waals surface area contributed by atoms with Gasteiger partial charge in [0.15, 0.2) is 17.3 Å². The van der Waals surface area contributed by atoms with Crippen LogP contribution in [0.15, 0.2) is 27.9 Å². The van der Waals surface area contributed by atoms with Crippen molar-refractivity contribution in [3.63, 3.8) is 0 Å². The number of nitrogens with zero attached hydrogens (tertiary/aromatic N) is 2. The first-order valence-corrected chi connectivity index (χ1v) is 20.7. The van der Waals surface area contributed by atoms with Crippen LogP contribution < -0.4 is 0 Å². The maximum absolute atomic E-state index is 13.9. The minimum Gasteiger partial charge on any atom is -0.507 e. The summed E-state index contributed by atoms with van der Waals surface area (Å²) in [5, 5.41) is 59.4. The topological polar surface area (TPSA) is 208 Å². The molecule has 0 heterocycles. The van der Waals surface area contributed by atoms with Gasteiger partial charge in [0.2, 0.25) is 5.78 Å². The number of phenols is 4. The predicted octanol–water partition coefficient (Wildman–Crippen LogP) is 6.53. The first-order valence-electron chi connectivity index (χ1n) is 20.7. The molecule has 0 saturated carbocycles.